The van der Waals surface area contributed by atoms with E-state index in [9.17, 15) is 4.79 Å². The van der Waals surface area contributed by atoms with Crippen LogP contribution in [0.1, 0.15) is 11.1 Å². The topological polar surface area (TPSA) is 59.9 Å². The van der Waals surface area contributed by atoms with E-state index >= 15 is 0 Å². The van der Waals surface area contributed by atoms with Crippen LogP contribution < -0.4 is 14.8 Å². The van der Waals surface area contributed by atoms with E-state index in [1.807, 2.05) is 49.4 Å². The van der Waals surface area contributed by atoms with Crippen molar-refractivity contribution in [2.75, 3.05) is 14.2 Å². The van der Waals surface area contributed by atoms with Gasteiger partial charge in [0.1, 0.15) is 0 Å². The predicted octanol–water partition coefficient (Wildman–Crippen LogP) is 3.90. The van der Waals surface area contributed by atoms with Gasteiger partial charge in [0, 0.05) is 5.56 Å². The lowest BCUT2D eigenvalue weighted by molar-refractivity contribution is -0.115. The van der Waals surface area contributed by atoms with Crippen molar-refractivity contribution in [3.8, 4) is 11.5 Å². The average molecular weight is 354 g/mol. The fraction of sp³-hybridized carbons (Fsp3) is 0.158. The monoisotopic (exact) mass is 354 g/mol. The van der Waals surface area contributed by atoms with Crippen LogP contribution >= 0.6 is 11.8 Å². The maximum Gasteiger partial charge on any atom is 0.264 e. The fourth-order valence-corrected chi connectivity index (χ4v) is 3.27. The highest BCUT2D eigenvalue weighted by atomic mass is 32.2. The van der Waals surface area contributed by atoms with Crippen molar-refractivity contribution < 1.29 is 14.3 Å². The summed E-state index contributed by atoms with van der Waals surface area (Å²) < 4.78 is 10.7. The Morgan fingerprint density at radius 2 is 1.88 bits per heavy atom. The Balaban J connectivity index is 1.91. The van der Waals surface area contributed by atoms with E-state index in [0.29, 0.717) is 21.6 Å². The van der Waals surface area contributed by atoms with Gasteiger partial charge in [-0.2, -0.15) is 0 Å². The molecule has 0 aliphatic carbocycles. The zero-order valence-electron chi connectivity index (χ0n) is 14.2. The van der Waals surface area contributed by atoms with Crippen LogP contribution in [0.2, 0.25) is 0 Å². The second kappa shape index (κ2) is 7.44. The van der Waals surface area contributed by atoms with Crippen LogP contribution in [0.15, 0.2) is 52.4 Å². The number of benzene rings is 2. The molecule has 5 nitrogen and oxygen atoms in total. The van der Waals surface area contributed by atoms with E-state index in [-0.39, 0.29) is 5.91 Å². The molecular weight excluding hydrogens is 336 g/mol. The number of ether oxygens (including phenoxy) is 2. The van der Waals surface area contributed by atoms with Gasteiger partial charge in [-0.25, -0.2) is 4.99 Å². The predicted molar refractivity (Wildman–Crippen MR) is 102 cm³/mol. The average Bonchev–Trinajstić information content (AvgIpc) is 2.96. The maximum absolute atomic E-state index is 12.3. The van der Waals surface area contributed by atoms with Crippen LogP contribution in [-0.4, -0.2) is 25.3 Å². The molecule has 0 bridgehead atoms. The molecule has 1 aliphatic rings. The number of carbonyl (C=O) groups excluding carboxylic acids is 1. The quantitative estimate of drug-likeness (QED) is 0.846. The number of aryl methyl sites for hydroxylation is 1. The normalized spacial score (nSPS) is 17.0. The number of amides is 1. The first kappa shape index (κ1) is 17.1. The maximum atomic E-state index is 12.3. The first-order chi connectivity index (χ1) is 12.1. The second-order valence-electron chi connectivity index (χ2n) is 5.35. The highest BCUT2D eigenvalue weighted by Crippen LogP contribution is 2.35. The summed E-state index contributed by atoms with van der Waals surface area (Å²) in [5.74, 6) is 1.03. The Hall–Kier alpha value is -2.73. The van der Waals surface area contributed by atoms with Crippen LogP contribution in [0.3, 0.4) is 0 Å². The van der Waals surface area contributed by atoms with Gasteiger partial charge in [0.2, 0.25) is 0 Å². The number of nitrogens with zero attached hydrogens (tertiary/aromatic N) is 1. The SMILES string of the molecule is COc1cccc(/C=C2\SC(=Nc3ccccc3C)NC2=O)c1OC. The highest BCUT2D eigenvalue weighted by Gasteiger charge is 2.24. The number of methoxy groups -OCH3 is 2. The van der Waals surface area contributed by atoms with Crippen LogP contribution in [-0.2, 0) is 4.79 Å². The van der Waals surface area contributed by atoms with E-state index in [2.05, 4.69) is 10.3 Å². The van der Waals surface area contributed by atoms with Crippen LogP contribution in [0, 0.1) is 6.92 Å². The van der Waals surface area contributed by atoms with Gasteiger partial charge in [0.15, 0.2) is 16.7 Å². The summed E-state index contributed by atoms with van der Waals surface area (Å²) in [6.07, 6.45) is 1.78. The Kier molecular flexibility index (Phi) is 5.09. The highest BCUT2D eigenvalue weighted by molar-refractivity contribution is 8.18. The summed E-state index contributed by atoms with van der Waals surface area (Å²) >= 11 is 1.30. The molecule has 0 aromatic heterocycles. The molecule has 0 saturated carbocycles. The molecule has 2 aromatic rings. The minimum Gasteiger partial charge on any atom is -0.493 e. The number of thioether (sulfide) groups is 1. The molecule has 1 aliphatic heterocycles. The number of nitrogens with one attached hydrogen (secondary N) is 1. The summed E-state index contributed by atoms with van der Waals surface area (Å²) in [6.45, 7) is 1.98. The minimum absolute atomic E-state index is 0.179. The summed E-state index contributed by atoms with van der Waals surface area (Å²) in [5, 5.41) is 3.36. The third kappa shape index (κ3) is 3.69. The molecule has 1 heterocycles. The Bertz CT molecular complexity index is 875. The van der Waals surface area contributed by atoms with Gasteiger partial charge in [-0.15, -0.1) is 0 Å². The summed E-state index contributed by atoms with van der Waals surface area (Å²) in [5.41, 5.74) is 2.67. The molecule has 128 valence electrons. The minimum atomic E-state index is -0.179. The lowest BCUT2D eigenvalue weighted by Crippen LogP contribution is -2.19. The molecule has 2 aromatic carbocycles. The fourth-order valence-electron chi connectivity index (χ4n) is 2.45. The van der Waals surface area contributed by atoms with Crippen molar-refractivity contribution >= 4 is 34.6 Å². The third-order valence-corrected chi connectivity index (χ3v) is 4.62. The molecule has 0 atom stereocenters. The summed E-state index contributed by atoms with van der Waals surface area (Å²) in [7, 11) is 3.16. The molecule has 0 spiro atoms. The number of aliphatic imine (C=N–C) groups is 1. The molecule has 1 amide bonds. The molecule has 1 fully saturated rings. The number of amidine groups is 1. The smallest absolute Gasteiger partial charge is 0.264 e. The molecule has 3 rings (SSSR count). The van der Waals surface area contributed by atoms with E-state index in [1.165, 1.54) is 11.8 Å². The van der Waals surface area contributed by atoms with E-state index < -0.39 is 0 Å². The number of rotatable bonds is 4. The van der Waals surface area contributed by atoms with Crippen molar-refractivity contribution in [1.29, 1.82) is 0 Å². The second-order valence-corrected chi connectivity index (χ2v) is 6.38. The Labute approximate surface area is 150 Å². The van der Waals surface area contributed by atoms with Gasteiger partial charge in [-0.1, -0.05) is 30.3 Å². The lowest BCUT2D eigenvalue weighted by atomic mass is 10.1. The van der Waals surface area contributed by atoms with E-state index in [4.69, 9.17) is 9.47 Å². The van der Waals surface area contributed by atoms with Gasteiger partial charge in [-0.3, -0.25) is 4.79 Å². The zero-order valence-corrected chi connectivity index (χ0v) is 15.0. The van der Waals surface area contributed by atoms with Gasteiger partial charge in [0.25, 0.3) is 5.91 Å². The van der Waals surface area contributed by atoms with Crippen molar-refractivity contribution in [3.63, 3.8) is 0 Å². The lowest BCUT2D eigenvalue weighted by Gasteiger charge is -2.10. The van der Waals surface area contributed by atoms with Gasteiger partial charge in [-0.05, 0) is 42.5 Å². The summed E-state index contributed by atoms with van der Waals surface area (Å²) in [4.78, 5) is 17.3. The van der Waals surface area contributed by atoms with Crippen LogP contribution in [0.4, 0.5) is 5.69 Å². The summed E-state index contributed by atoms with van der Waals surface area (Å²) in [6, 6.07) is 13.3. The number of hydrogen-bond acceptors (Lipinski definition) is 5. The molecule has 25 heavy (non-hydrogen) atoms. The van der Waals surface area contributed by atoms with Gasteiger partial charge >= 0.3 is 0 Å². The standard InChI is InChI=1S/C19H18N2O3S/c1-12-7-4-5-9-14(12)20-19-21-18(22)16(25-19)11-13-8-6-10-15(23-2)17(13)24-3/h4-11H,1-3H3,(H,20,21,22)/b16-11-. The van der Waals surface area contributed by atoms with Crippen molar-refractivity contribution in [2.45, 2.75) is 6.92 Å². The van der Waals surface area contributed by atoms with Gasteiger partial charge < -0.3 is 14.8 Å². The zero-order chi connectivity index (χ0) is 17.8. The largest absolute Gasteiger partial charge is 0.493 e. The molecule has 1 saturated heterocycles. The van der Waals surface area contributed by atoms with E-state index in [1.54, 1.807) is 20.3 Å². The molecule has 0 radical (unpaired) electrons. The first-order valence-electron chi connectivity index (χ1n) is 7.68. The van der Waals surface area contributed by atoms with E-state index in [0.717, 1.165) is 16.8 Å². The number of carbonyl (C=O) groups is 1. The molecular formula is C19H18N2O3S. The third-order valence-electron chi connectivity index (χ3n) is 3.71. The Morgan fingerprint density at radius 1 is 1.08 bits per heavy atom. The molecule has 0 unspecified atom stereocenters. The van der Waals surface area contributed by atoms with Crippen LogP contribution in [0.25, 0.3) is 6.08 Å². The first-order valence-corrected chi connectivity index (χ1v) is 8.50. The molecule has 1 N–H and O–H groups in total. The van der Waals surface area contributed by atoms with Crippen LogP contribution in [0.5, 0.6) is 11.5 Å². The number of hydrogen-bond donors (Lipinski definition) is 1. The van der Waals surface area contributed by atoms with Crippen molar-refractivity contribution in [3.05, 3.63) is 58.5 Å². The van der Waals surface area contributed by atoms with Crippen molar-refractivity contribution in [1.82, 2.24) is 5.32 Å². The number of para-hydroxylation sites is 2. The van der Waals surface area contributed by atoms with Gasteiger partial charge in [0.05, 0.1) is 24.8 Å². The molecule has 6 heteroatoms. The van der Waals surface area contributed by atoms with Crippen molar-refractivity contribution in [2.24, 2.45) is 4.99 Å². The Morgan fingerprint density at radius 3 is 2.60 bits per heavy atom.